The van der Waals surface area contributed by atoms with Crippen LogP contribution in [0.5, 0.6) is 0 Å². The molecule has 0 heterocycles. The fourth-order valence-electron chi connectivity index (χ4n) is 2.99. The Morgan fingerprint density at radius 1 is 0.794 bits per heavy atom. The summed E-state index contributed by atoms with van der Waals surface area (Å²) in [6.07, 6.45) is 4.37. The van der Waals surface area contributed by atoms with Gasteiger partial charge < -0.3 is 32.5 Å². The van der Waals surface area contributed by atoms with E-state index in [2.05, 4.69) is 16.0 Å². The van der Waals surface area contributed by atoms with E-state index in [1.165, 1.54) is 23.5 Å². The Kier molecular flexibility index (Phi) is 16.4. The molecule has 0 spiro atoms. The lowest BCUT2D eigenvalue weighted by Gasteiger charge is -2.25. The summed E-state index contributed by atoms with van der Waals surface area (Å²) in [7, 11) is 0. The van der Waals surface area contributed by atoms with Gasteiger partial charge >= 0.3 is 5.97 Å². The number of thioether (sulfide) groups is 2. The van der Waals surface area contributed by atoms with Gasteiger partial charge in [0.25, 0.3) is 0 Å². The maximum absolute atomic E-state index is 13.0. The lowest BCUT2D eigenvalue weighted by Crippen LogP contribution is -2.57. The summed E-state index contributed by atoms with van der Waals surface area (Å²) in [5, 5.41) is 17.0. The number of nitrogens with one attached hydrogen (secondary N) is 3. The molecule has 0 bridgehead atoms. The minimum atomic E-state index is -1.32. The number of amides is 4. The van der Waals surface area contributed by atoms with E-state index in [1.807, 2.05) is 26.4 Å². The van der Waals surface area contributed by atoms with Crippen molar-refractivity contribution in [3.05, 3.63) is 0 Å². The molecule has 0 aromatic rings. The molecule has 0 aromatic carbocycles. The Morgan fingerprint density at radius 3 is 1.62 bits per heavy atom. The summed E-state index contributed by atoms with van der Waals surface area (Å²) in [6.45, 7) is 3.88. The van der Waals surface area contributed by atoms with Crippen LogP contribution in [0.25, 0.3) is 0 Å². The predicted octanol–water partition coefficient (Wildman–Crippen LogP) is -0.329. The highest BCUT2D eigenvalue weighted by molar-refractivity contribution is 7.98. The number of hydrogen-bond acceptors (Lipinski definition) is 8. The zero-order chi connectivity index (χ0) is 26.3. The van der Waals surface area contributed by atoms with Crippen molar-refractivity contribution in [1.82, 2.24) is 16.0 Å². The highest BCUT2D eigenvalue weighted by atomic mass is 32.2. The van der Waals surface area contributed by atoms with Gasteiger partial charge in [-0.25, -0.2) is 4.79 Å². The van der Waals surface area contributed by atoms with Crippen molar-refractivity contribution in [2.45, 2.75) is 70.1 Å². The van der Waals surface area contributed by atoms with Crippen molar-refractivity contribution < 1.29 is 29.1 Å². The van der Waals surface area contributed by atoms with E-state index in [0.717, 1.165) is 0 Å². The molecule has 0 saturated heterocycles. The molecular formula is C21H39N5O6S2. The van der Waals surface area contributed by atoms with Crippen molar-refractivity contribution in [2.24, 2.45) is 17.4 Å². The number of nitrogens with two attached hydrogens (primary N) is 2. The fourth-order valence-corrected chi connectivity index (χ4v) is 3.93. The van der Waals surface area contributed by atoms with Crippen LogP contribution in [-0.2, 0) is 24.0 Å². The second-order valence-electron chi connectivity index (χ2n) is 8.33. The Balaban J connectivity index is 5.41. The van der Waals surface area contributed by atoms with E-state index in [1.54, 1.807) is 0 Å². The summed E-state index contributed by atoms with van der Waals surface area (Å²) in [4.78, 5) is 60.8. The lowest BCUT2D eigenvalue weighted by molar-refractivity contribution is -0.142. The molecule has 8 N–H and O–H groups in total. The number of primary amides is 1. The molecule has 0 aliphatic carbocycles. The number of aliphatic carboxylic acids is 1. The van der Waals surface area contributed by atoms with E-state index >= 15 is 0 Å². The minimum Gasteiger partial charge on any atom is -0.480 e. The minimum absolute atomic E-state index is 0.167. The van der Waals surface area contributed by atoms with E-state index in [4.69, 9.17) is 11.5 Å². The van der Waals surface area contributed by atoms with Gasteiger partial charge in [0.2, 0.25) is 23.6 Å². The van der Waals surface area contributed by atoms with Gasteiger partial charge in [0, 0.05) is 6.42 Å². The Labute approximate surface area is 209 Å². The first-order valence-electron chi connectivity index (χ1n) is 11.1. The molecule has 4 amide bonds. The first-order chi connectivity index (χ1) is 15.9. The average Bonchev–Trinajstić information content (AvgIpc) is 2.75. The topological polar surface area (TPSA) is 194 Å². The monoisotopic (exact) mass is 521 g/mol. The third-order valence-electron chi connectivity index (χ3n) is 4.84. The van der Waals surface area contributed by atoms with Crippen molar-refractivity contribution in [2.75, 3.05) is 24.0 Å². The summed E-state index contributed by atoms with van der Waals surface area (Å²) in [5.74, 6) is -2.36. The van der Waals surface area contributed by atoms with Crippen LogP contribution in [-0.4, -0.2) is 82.9 Å². The van der Waals surface area contributed by atoms with Crippen LogP contribution in [0, 0.1) is 5.92 Å². The molecule has 13 heteroatoms. The zero-order valence-corrected chi connectivity index (χ0v) is 21.9. The maximum Gasteiger partial charge on any atom is 0.326 e. The number of rotatable bonds is 18. The van der Waals surface area contributed by atoms with Gasteiger partial charge in [0.1, 0.15) is 18.1 Å². The van der Waals surface area contributed by atoms with Gasteiger partial charge in [0.15, 0.2) is 0 Å². The number of carbonyl (C=O) groups excluding carboxylic acids is 4. The quantitative estimate of drug-likeness (QED) is 0.140. The molecule has 0 aliphatic rings. The molecule has 11 nitrogen and oxygen atoms in total. The number of carboxylic acid groups (broad SMARTS) is 1. The van der Waals surface area contributed by atoms with E-state index in [9.17, 15) is 29.1 Å². The summed E-state index contributed by atoms with van der Waals surface area (Å²) < 4.78 is 0. The van der Waals surface area contributed by atoms with Crippen LogP contribution in [0.4, 0.5) is 0 Å². The number of carboxylic acids is 1. The third-order valence-corrected chi connectivity index (χ3v) is 6.13. The molecule has 4 atom stereocenters. The summed E-state index contributed by atoms with van der Waals surface area (Å²) >= 11 is 2.96. The molecule has 196 valence electrons. The van der Waals surface area contributed by atoms with Crippen LogP contribution in [0.15, 0.2) is 0 Å². The van der Waals surface area contributed by atoms with Gasteiger partial charge in [0.05, 0.1) is 6.04 Å². The number of hydrogen-bond donors (Lipinski definition) is 6. The normalized spacial score (nSPS) is 14.5. The first kappa shape index (κ1) is 32.0. The maximum atomic E-state index is 13.0. The molecule has 0 aliphatic heterocycles. The van der Waals surface area contributed by atoms with Crippen molar-refractivity contribution in [3.8, 4) is 0 Å². The van der Waals surface area contributed by atoms with Crippen LogP contribution in [0.1, 0.15) is 46.0 Å². The second-order valence-corrected chi connectivity index (χ2v) is 10.3. The molecule has 0 fully saturated rings. The van der Waals surface area contributed by atoms with Gasteiger partial charge in [-0.05, 0) is 55.6 Å². The fraction of sp³-hybridized carbons (Fsp3) is 0.762. The highest BCUT2D eigenvalue weighted by Gasteiger charge is 2.30. The second kappa shape index (κ2) is 17.4. The SMILES string of the molecule is CSCCC(NC(=O)C(N)CC(C)C)C(=O)NC(CCSC)C(=O)NC(CCC(N)=O)C(=O)O. The molecule has 4 unspecified atom stereocenters. The van der Waals surface area contributed by atoms with Crippen molar-refractivity contribution in [3.63, 3.8) is 0 Å². The van der Waals surface area contributed by atoms with Crippen molar-refractivity contribution in [1.29, 1.82) is 0 Å². The molecule has 34 heavy (non-hydrogen) atoms. The van der Waals surface area contributed by atoms with Gasteiger partial charge in [-0.15, -0.1) is 0 Å². The van der Waals surface area contributed by atoms with Gasteiger partial charge in [-0.2, -0.15) is 23.5 Å². The molecule has 0 aromatic heterocycles. The lowest BCUT2D eigenvalue weighted by atomic mass is 10.0. The summed E-state index contributed by atoms with van der Waals surface area (Å²) in [6, 6.07) is -4.00. The first-order valence-corrected chi connectivity index (χ1v) is 13.9. The van der Waals surface area contributed by atoms with Crippen LogP contribution >= 0.6 is 23.5 Å². The summed E-state index contributed by atoms with van der Waals surface area (Å²) in [5.41, 5.74) is 11.0. The van der Waals surface area contributed by atoms with Crippen LogP contribution in [0.3, 0.4) is 0 Å². The van der Waals surface area contributed by atoms with Gasteiger partial charge in [-0.1, -0.05) is 13.8 Å². The zero-order valence-electron chi connectivity index (χ0n) is 20.3. The van der Waals surface area contributed by atoms with E-state index in [-0.39, 0.29) is 25.2 Å². The molecular weight excluding hydrogens is 482 g/mol. The average molecular weight is 522 g/mol. The standard InChI is InChI=1S/C21H39N5O6S2/c1-12(2)11-13(22)18(28)24-14(7-9-33-3)19(29)25-15(8-10-34-4)20(30)26-16(21(31)32)5-6-17(23)27/h12-16H,5-11,22H2,1-4H3,(H2,23,27)(H,24,28)(H,25,29)(H,26,30)(H,31,32). The van der Waals surface area contributed by atoms with E-state index < -0.39 is 53.8 Å². The Hall–Kier alpha value is -1.99. The Morgan fingerprint density at radius 2 is 1.24 bits per heavy atom. The number of carbonyl (C=O) groups is 5. The van der Waals surface area contributed by atoms with Crippen LogP contribution in [0.2, 0.25) is 0 Å². The predicted molar refractivity (Wildman–Crippen MR) is 135 cm³/mol. The molecule has 0 radical (unpaired) electrons. The smallest absolute Gasteiger partial charge is 0.326 e. The van der Waals surface area contributed by atoms with Crippen molar-refractivity contribution >= 4 is 53.1 Å². The third kappa shape index (κ3) is 13.7. The van der Waals surface area contributed by atoms with Gasteiger partial charge in [-0.3, -0.25) is 19.2 Å². The largest absolute Gasteiger partial charge is 0.480 e. The van der Waals surface area contributed by atoms with E-state index in [0.29, 0.717) is 24.3 Å². The molecule has 0 rings (SSSR count). The highest BCUT2D eigenvalue weighted by Crippen LogP contribution is 2.08. The molecule has 0 saturated carbocycles. The Bertz CT molecular complexity index is 695. The van der Waals surface area contributed by atoms with Crippen LogP contribution < -0.4 is 27.4 Å².